The van der Waals surface area contributed by atoms with Gasteiger partial charge in [-0.15, -0.1) is 0 Å². The van der Waals surface area contributed by atoms with Crippen LogP contribution in [-0.2, 0) is 17.7 Å². The van der Waals surface area contributed by atoms with Crippen LogP contribution in [0, 0.1) is 0 Å². The fourth-order valence-electron chi connectivity index (χ4n) is 2.88. The largest absolute Gasteiger partial charge is 0.456 e. The monoisotopic (exact) mass is 410 g/mol. The molecule has 0 rings (SSSR count). The average Bonchev–Trinajstić information content (AvgIpc) is 2.25. The lowest BCUT2D eigenvalue weighted by atomic mass is 10.5. The Labute approximate surface area is 155 Å². The molecule has 0 heterocycles. The highest BCUT2D eigenvalue weighted by molar-refractivity contribution is 6.84. The van der Waals surface area contributed by atoms with Crippen LogP contribution in [0.25, 0.3) is 0 Å². The first-order chi connectivity index (χ1) is 10.6. The molecule has 4 nitrogen and oxygen atoms in total. The van der Waals surface area contributed by atoms with Crippen molar-refractivity contribution in [3.63, 3.8) is 0 Å². The standard InChI is InChI=1S/C16H42O4Si4/c1-21(2,3)19-23(7,8)15-11-12-17-13-14-18-16-24(9,10)20-22(4,5)6/h11-16H2,1-10H3. The number of rotatable bonds is 13. The molecular weight excluding hydrogens is 369 g/mol. The maximum absolute atomic E-state index is 6.34. The summed E-state index contributed by atoms with van der Waals surface area (Å²) < 4.78 is 24.1. The normalized spacial score (nSPS) is 14.2. The molecule has 0 saturated heterocycles. The molecule has 0 aromatic carbocycles. The summed E-state index contributed by atoms with van der Waals surface area (Å²) in [7, 11) is -6.09. The Balaban J connectivity index is 3.71. The molecule has 0 aromatic heterocycles. The van der Waals surface area contributed by atoms with Gasteiger partial charge >= 0.3 is 0 Å². The van der Waals surface area contributed by atoms with Crippen LogP contribution in [0.4, 0.5) is 0 Å². The minimum Gasteiger partial charge on any atom is -0.456 e. The van der Waals surface area contributed by atoms with E-state index in [1.807, 2.05) is 0 Å². The van der Waals surface area contributed by atoms with E-state index in [1.165, 1.54) is 6.04 Å². The zero-order valence-corrected chi connectivity index (χ0v) is 21.9. The lowest BCUT2D eigenvalue weighted by molar-refractivity contribution is 0.0600. The lowest BCUT2D eigenvalue weighted by Crippen LogP contribution is -2.46. The van der Waals surface area contributed by atoms with Crippen molar-refractivity contribution in [3.8, 4) is 0 Å². The van der Waals surface area contributed by atoms with E-state index in [9.17, 15) is 0 Å². The highest BCUT2D eigenvalue weighted by Gasteiger charge is 2.30. The van der Waals surface area contributed by atoms with E-state index in [1.54, 1.807) is 0 Å². The molecule has 0 aromatic rings. The molecule has 146 valence electrons. The number of ether oxygens (including phenoxy) is 2. The molecule has 0 amide bonds. The number of hydrogen-bond donors (Lipinski definition) is 0. The molecule has 0 aliphatic carbocycles. The van der Waals surface area contributed by atoms with Crippen molar-refractivity contribution in [2.45, 2.75) is 77.9 Å². The second-order valence-corrected chi connectivity index (χ2v) is 27.6. The first-order valence-corrected chi connectivity index (χ1v) is 22.2. The van der Waals surface area contributed by atoms with Crippen LogP contribution in [0.2, 0.25) is 71.5 Å². The van der Waals surface area contributed by atoms with Gasteiger partial charge in [-0.2, -0.15) is 0 Å². The molecule has 0 spiro atoms. The zero-order chi connectivity index (χ0) is 19.1. The van der Waals surface area contributed by atoms with Gasteiger partial charge < -0.3 is 17.7 Å². The van der Waals surface area contributed by atoms with Crippen LogP contribution in [0.15, 0.2) is 0 Å². The minimum atomic E-state index is -1.69. The van der Waals surface area contributed by atoms with Gasteiger partial charge in [0.1, 0.15) is 0 Å². The predicted molar refractivity (Wildman–Crippen MR) is 115 cm³/mol. The molecule has 0 radical (unpaired) electrons. The van der Waals surface area contributed by atoms with Gasteiger partial charge in [-0.1, -0.05) is 0 Å². The van der Waals surface area contributed by atoms with Gasteiger partial charge in [0.2, 0.25) is 0 Å². The molecule has 0 saturated carbocycles. The fraction of sp³-hybridized carbons (Fsp3) is 1.00. The highest BCUT2D eigenvalue weighted by atomic mass is 28.4. The third kappa shape index (κ3) is 16.2. The first-order valence-electron chi connectivity index (χ1n) is 9.18. The predicted octanol–water partition coefficient (Wildman–Crippen LogP) is 5.06. The molecule has 24 heavy (non-hydrogen) atoms. The summed E-state index contributed by atoms with van der Waals surface area (Å²) in [6.07, 6.45) is 1.84. The summed E-state index contributed by atoms with van der Waals surface area (Å²) in [5, 5.41) is 0. The molecule has 0 aliphatic rings. The number of hydrogen-bond acceptors (Lipinski definition) is 4. The Morgan fingerprint density at radius 3 is 1.50 bits per heavy atom. The summed E-state index contributed by atoms with van der Waals surface area (Å²) in [5.41, 5.74) is 0. The van der Waals surface area contributed by atoms with Gasteiger partial charge in [0.15, 0.2) is 33.3 Å². The van der Waals surface area contributed by atoms with E-state index in [0.717, 1.165) is 19.3 Å². The first kappa shape index (κ1) is 24.7. The van der Waals surface area contributed by atoms with Crippen molar-refractivity contribution in [1.29, 1.82) is 0 Å². The molecule has 0 fully saturated rings. The van der Waals surface area contributed by atoms with Gasteiger partial charge in [0.25, 0.3) is 0 Å². The third-order valence-electron chi connectivity index (χ3n) is 3.05. The van der Waals surface area contributed by atoms with E-state index in [4.69, 9.17) is 17.7 Å². The van der Waals surface area contributed by atoms with Crippen LogP contribution < -0.4 is 0 Å². The van der Waals surface area contributed by atoms with Crippen molar-refractivity contribution in [3.05, 3.63) is 0 Å². The minimum absolute atomic E-state index is 0.664. The molecule has 0 unspecified atom stereocenters. The van der Waals surface area contributed by atoms with E-state index in [0.29, 0.717) is 13.2 Å². The van der Waals surface area contributed by atoms with E-state index >= 15 is 0 Å². The Bertz CT molecular complexity index is 315. The van der Waals surface area contributed by atoms with Crippen LogP contribution >= 0.6 is 0 Å². The zero-order valence-electron chi connectivity index (χ0n) is 17.9. The smallest absolute Gasteiger partial charge is 0.199 e. The summed E-state index contributed by atoms with van der Waals surface area (Å²) >= 11 is 0. The van der Waals surface area contributed by atoms with Gasteiger partial charge in [-0.05, 0) is 77.9 Å². The average molecular weight is 411 g/mol. The topological polar surface area (TPSA) is 36.9 Å². The summed E-state index contributed by atoms with van der Waals surface area (Å²) in [6, 6.07) is 1.17. The van der Waals surface area contributed by atoms with E-state index in [-0.39, 0.29) is 0 Å². The van der Waals surface area contributed by atoms with Crippen LogP contribution in [0.1, 0.15) is 6.42 Å². The highest BCUT2D eigenvalue weighted by Crippen LogP contribution is 2.19. The van der Waals surface area contributed by atoms with Crippen LogP contribution in [-0.4, -0.2) is 59.3 Å². The Hall–Kier alpha value is 0.708. The molecule has 0 bridgehead atoms. The molecule has 0 N–H and O–H groups in total. The summed E-state index contributed by atoms with van der Waals surface area (Å²) in [5.74, 6) is 0. The van der Waals surface area contributed by atoms with Gasteiger partial charge in [0.05, 0.1) is 19.4 Å². The van der Waals surface area contributed by atoms with Crippen molar-refractivity contribution < 1.29 is 17.7 Å². The van der Waals surface area contributed by atoms with Crippen molar-refractivity contribution in [1.82, 2.24) is 0 Å². The Kier molecular flexibility index (Phi) is 10.4. The van der Waals surface area contributed by atoms with Crippen molar-refractivity contribution in [2.24, 2.45) is 0 Å². The summed E-state index contributed by atoms with van der Waals surface area (Å²) in [4.78, 5) is 0. The fourth-order valence-corrected chi connectivity index (χ4v) is 18.4. The van der Waals surface area contributed by atoms with Crippen LogP contribution in [0.3, 0.4) is 0 Å². The van der Waals surface area contributed by atoms with Gasteiger partial charge in [-0.3, -0.25) is 0 Å². The second-order valence-electron chi connectivity index (χ2n) is 9.72. The van der Waals surface area contributed by atoms with Crippen molar-refractivity contribution in [2.75, 3.05) is 26.1 Å². The lowest BCUT2D eigenvalue weighted by Gasteiger charge is -2.31. The molecule has 0 atom stereocenters. The maximum Gasteiger partial charge on any atom is 0.199 e. The van der Waals surface area contributed by atoms with Crippen molar-refractivity contribution >= 4 is 33.3 Å². The quantitative estimate of drug-likeness (QED) is 0.314. The molecule has 0 aliphatic heterocycles. The van der Waals surface area contributed by atoms with Gasteiger partial charge in [0, 0.05) is 6.61 Å². The Morgan fingerprint density at radius 2 is 1.00 bits per heavy atom. The maximum atomic E-state index is 6.34. The van der Waals surface area contributed by atoms with Crippen LogP contribution in [0.5, 0.6) is 0 Å². The van der Waals surface area contributed by atoms with E-state index < -0.39 is 33.3 Å². The van der Waals surface area contributed by atoms with E-state index in [2.05, 4.69) is 65.5 Å². The molecule has 8 heteroatoms. The third-order valence-corrected chi connectivity index (χ3v) is 14.8. The second kappa shape index (κ2) is 10.1. The SMILES string of the molecule is C[Si](C)(C)O[Si](C)(C)CCCOCCOC[Si](C)(C)O[Si](C)(C)C. The summed E-state index contributed by atoms with van der Waals surface area (Å²) in [6.45, 7) is 24.8. The Morgan fingerprint density at radius 1 is 0.542 bits per heavy atom. The molecular formula is C16H42O4Si4. The van der Waals surface area contributed by atoms with Gasteiger partial charge in [-0.25, -0.2) is 0 Å².